The van der Waals surface area contributed by atoms with Crippen LogP contribution in [0.3, 0.4) is 0 Å². The van der Waals surface area contributed by atoms with Crippen LogP contribution in [-0.4, -0.2) is 51.3 Å². The molecule has 0 radical (unpaired) electrons. The van der Waals surface area contributed by atoms with Crippen LogP contribution in [0.1, 0.15) is 26.7 Å². The molecule has 0 bridgehead atoms. The normalized spacial score (nSPS) is 11.5. The van der Waals surface area contributed by atoms with E-state index in [1.54, 1.807) is 13.8 Å². The summed E-state index contributed by atoms with van der Waals surface area (Å²) < 4.78 is 18.7. The molecule has 0 aromatic heterocycles. The quantitative estimate of drug-likeness (QED) is 0.343. The molecule has 0 aliphatic heterocycles. The molecule has 0 aromatic rings. The Labute approximate surface area is 129 Å². The van der Waals surface area contributed by atoms with E-state index < -0.39 is 35.7 Å². The molecule has 0 heterocycles. The summed E-state index contributed by atoms with van der Waals surface area (Å²) >= 11 is 0. The molecule has 0 N–H and O–H groups in total. The van der Waals surface area contributed by atoms with Crippen molar-refractivity contribution in [1.82, 2.24) is 0 Å². The van der Waals surface area contributed by atoms with Crippen LogP contribution in [-0.2, 0) is 38.1 Å². The average molecular weight is 318 g/mol. The van der Waals surface area contributed by atoms with Crippen LogP contribution in [0.15, 0.2) is 0 Å². The van der Waals surface area contributed by atoms with Gasteiger partial charge in [-0.3, -0.25) is 19.2 Å². The van der Waals surface area contributed by atoms with Crippen LogP contribution >= 0.6 is 0 Å². The number of rotatable bonds is 9. The van der Waals surface area contributed by atoms with E-state index in [4.69, 9.17) is 9.47 Å². The standard InChI is InChI=1S/C14H22O8/c1-5-21-13(17)10(14(18)22-6-2)7-9(12(16)20-4)8-11(15)19-3/h9-10H,5-8H2,1-4H3/t9-/m1/s1. The van der Waals surface area contributed by atoms with Gasteiger partial charge in [0.05, 0.1) is 39.8 Å². The van der Waals surface area contributed by atoms with Crippen LogP contribution < -0.4 is 0 Å². The van der Waals surface area contributed by atoms with Gasteiger partial charge < -0.3 is 18.9 Å². The maximum absolute atomic E-state index is 11.9. The molecule has 0 amide bonds. The Hall–Kier alpha value is -2.12. The van der Waals surface area contributed by atoms with Gasteiger partial charge in [-0.05, 0) is 20.3 Å². The van der Waals surface area contributed by atoms with Crippen molar-refractivity contribution in [2.24, 2.45) is 11.8 Å². The Morgan fingerprint density at radius 1 is 0.818 bits per heavy atom. The number of hydrogen-bond acceptors (Lipinski definition) is 8. The van der Waals surface area contributed by atoms with Gasteiger partial charge in [-0.25, -0.2) is 0 Å². The zero-order valence-electron chi connectivity index (χ0n) is 13.2. The largest absolute Gasteiger partial charge is 0.469 e. The summed E-state index contributed by atoms with van der Waals surface area (Å²) in [6.45, 7) is 3.34. The second-order valence-electron chi connectivity index (χ2n) is 4.29. The molecular weight excluding hydrogens is 296 g/mol. The fourth-order valence-electron chi connectivity index (χ4n) is 1.77. The molecule has 0 aliphatic rings. The first-order valence-corrected chi connectivity index (χ1v) is 6.89. The lowest BCUT2D eigenvalue weighted by atomic mass is 9.92. The minimum atomic E-state index is -1.30. The summed E-state index contributed by atoms with van der Waals surface area (Å²) in [6, 6.07) is 0. The minimum absolute atomic E-state index is 0.0780. The van der Waals surface area contributed by atoms with Gasteiger partial charge in [0.15, 0.2) is 5.92 Å². The van der Waals surface area contributed by atoms with E-state index in [0.717, 1.165) is 7.11 Å². The van der Waals surface area contributed by atoms with Crippen LogP contribution in [0.5, 0.6) is 0 Å². The highest BCUT2D eigenvalue weighted by atomic mass is 16.6. The van der Waals surface area contributed by atoms with Crippen molar-refractivity contribution in [1.29, 1.82) is 0 Å². The van der Waals surface area contributed by atoms with Crippen molar-refractivity contribution in [3.05, 3.63) is 0 Å². The molecule has 1 atom stereocenters. The third-order valence-corrected chi connectivity index (χ3v) is 2.84. The first-order chi connectivity index (χ1) is 10.4. The zero-order valence-corrected chi connectivity index (χ0v) is 13.2. The average Bonchev–Trinajstić information content (AvgIpc) is 2.50. The van der Waals surface area contributed by atoms with Crippen molar-refractivity contribution in [3.8, 4) is 0 Å². The first kappa shape index (κ1) is 19.9. The Bertz CT molecular complexity index is 386. The van der Waals surface area contributed by atoms with Gasteiger partial charge in [0.25, 0.3) is 0 Å². The highest BCUT2D eigenvalue weighted by Gasteiger charge is 2.36. The summed E-state index contributed by atoms with van der Waals surface area (Å²) in [5.41, 5.74) is 0. The third kappa shape index (κ3) is 6.55. The Morgan fingerprint density at radius 3 is 1.68 bits per heavy atom. The maximum atomic E-state index is 11.9. The van der Waals surface area contributed by atoms with E-state index in [0.29, 0.717) is 0 Å². The molecule has 0 aromatic carbocycles. The van der Waals surface area contributed by atoms with E-state index in [2.05, 4.69) is 9.47 Å². The van der Waals surface area contributed by atoms with Gasteiger partial charge in [-0.15, -0.1) is 0 Å². The van der Waals surface area contributed by atoms with Crippen LogP contribution in [0.4, 0.5) is 0 Å². The Kier molecular flexibility index (Phi) is 9.56. The zero-order chi connectivity index (χ0) is 17.1. The minimum Gasteiger partial charge on any atom is -0.469 e. The van der Waals surface area contributed by atoms with Gasteiger partial charge in [0.2, 0.25) is 0 Å². The topological polar surface area (TPSA) is 105 Å². The molecule has 0 rings (SSSR count). The fraction of sp³-hybridized carbons (Fsp3) is 0.714. The maximum Gasteiger partial charge on any atom is 0.320 e. The first-order valence-electron chi connectivity index (χ1n) is 6.89. The van der Waals surface area contributed by atoms with Crippen LogP contribution in [0.25, 0.3) is 0 Å². The monoisotopic (exact) mass is 318 g/mol. The predicted octanol–water partition coefficient (Wildman–Crippen LogP) is 0.471. The Balaban J connectivity index is 5.15. The lowest BCUT2D eigenvalue weighted by Crippen LogP contribution is -2.33. The van der Waals surface area contributed by atoms with Crippen LogP contribution in [0.2, 0.25) is 0 Å². The second-order valence-corrected chi connectivity index (χ2v) is 4.29. The van der Waals surface area contributed by atoms with E-state index in [1.165, 1.54) is 7.11 Å². The molecule has 0 spiro atoms. The summed E-state index contributed by atoms with van der Waals surface area (Å²) in [6.07, 6.45) is -0.558. The molecule has 0 unspecified atom stereocenters. The molecule has 0 fully saturated rings. The number of carbonyl (C=O) groups excluding carboxylic acids is 4. The Morgan fingerprint density at radius 2 is 1.32 bits per heavy atom. The highest BCUT2D eigenvalue weighted by molar-refractivity contribution is 5.95. The number of carbonyl (C=O) groups is 4. The second kappa shape index (κ2) is 10.6. The van der Waals surface area contributed by atoms with Gasteiger partial charge in [-0.1, -0.05) is 0 Å². The molecule has 0 aliphatic carbocycles. The molecule has 22 heavy (non-hydrogen) atoms. The molecule has 0 saturated heterocycles. The van der Waals surface area contributed by atoms with Crippen molar-refractivity contribution in [2.75, 3.05) is 27.4 Å². The van der Waals surface area contributed by atoms with E-state index in [9.17, 15) is 19.2 Å². The van der Waals surface area contributed by atoms with Gasteiger partial charge in [0, 0.05) is 0 Å². The van der Waals surface area contributed by atoms with Gasteiger partial charge in [-0.2, -0.15) is 0 Å². The molecule has 8 heteroatoms. The van der Waals surface area contributed by atoms with Gasteiger partial charge in [0.1, 0.15) is 0 Å². The lowest BCUT2D eigenvalue weighted by Gasteiger charge is -2.19. The van der Waals surface area contributed by atoms with Crippen LogP contribution in [0, 0.1) is 11.8 Å². The fourth-order valence-corrected chi connectivity index (χ4v) is 1.77. The van der Waals surface area contributed by atoms with E-state index in [-0.39, 0.29) is 26.1 Å². The lowest BCUT2D eigenvalue weighted by molar-refractivity contribution is -0.164. The summed E-state index contributed by atoms with van der Waals surface area (Å²) in [5, 5.41) is 0. The van der Waals surface area contributed by atoms with E-state index >= 15 is 0 Å². The van der Waals surface area contributed by atoms with Crippen molar-refractivity contribution in [2.45, 2.75) is 26.7 Å². The SMILES string of the molecule is CCOC(=O)C(C[C@H](CC(=O)OC)C(=O)OC)C(=O)OCC. The van der Waals surface area contributed by atoms with Crippen molar-refractivity contribution >= 4 is 23.9 Å². The molecule has 8 nitrogen and oxygen atoms in total. The number of ether oxygens (including phenoxy) is 4. The molecule has 0 saturated carbocycles. The van der Waals surface area contributed by atoms with Crippen molar-refractivity contribution < 1.29 is 38.1 Å². The molecular formula is C14H22O8. The predicted molar refractivity (Wildman–Crippen MR) is 73.5 cm³/mol. The molecule has 126 valence electrons. The summed E-state index contributed by atoms with van der Waals surface area (Å²) in [7, 11) is 2.32. The summed E-state index contributed by atoms with van der Waals surface area (Å²) in [5.74, 6) is -5.28. The van der Waals surface area contributed by atoms with E-state index in [1.807, 2.05) is 0 Å². The number of esters is 4. The van der Waals surface area contributed by atoms with Gasteiger partial charge >= 0.3 is 23.9 Å². The highest BCUT2D eigenvalue weighted by Crippen LogP contribution is 2.21. The summed E-state index contributed by atoms with van der Waals surface area (Å²) in [4.78, 5) is 46.8. The number of hydrogen-bond donors (Lipinski definition) is 0. The number of methoxy groups -OCH3 is 2. The van der Waals surface area contributed by atoms with Crippen molar-refractivity contribution in [3.63, 3.8) is 0 Å². The smallest absolute Gasteiger partial charge is 0.320 e. The third-order valence-electron chi connectivity index (χ3n) is 2.84.